The molecule has 0 amide bonds. The molecule has 46 valence electrons. The topological polar surface area (TPSA) is 24.7 Å². The molecule has 0 fully saturated rings. The highest BCUT2D eigenvalue weighted by molar-refractivity contribution is 5.74. The summed E-state index contributed by atoms with van der Waals surface area (Å²) >= 11 is 0. The van der Waals surface area contributed by atoms with Crippen molar-refractivity contribution in [3.8, 4) is 0 Å². The van der Waals surface area contributed by atoms with Crippen LogP contribution in [0.3, 0.4) is 0 Å². The molecule has 0 aromatic rings. The number of aliphatic imine (C=N–C) groups is 2. The summed E-state index contributed by atoms with van der Waals surface area (Å²) in [6, 6.07) is 0. The molecule has 0 aromatic carbocycles. The molecule has 0 aromatic heterocycles. The predicted molar refractivity (Wildman–Crippen MR) is 37.8 cm³/mol. The van der Waals surface area contributed by atoms with Crippen LogP contribution in [0, 0.1) is 0 Å². The number of rotatable bonds is 0. The molecule has 0 saturated carbocycles. The molecule has 1 aliphatic rings. The van der Waals surface area contributed by atoms with Gasteiger partial charge in [0.2, 0.25) is 0 Å². The van der Waals surface area contributed by atoms with Crippen LogP contribution in [0.25, 0.3) is 0 Å². The van der Waals surface area contributed by atoms with Crippen LogP contribution in [0.2, 0.25) is 0 Å². The van der Waals surface area contributed by atoms with Gasteiger partial charge >= 0.3 is 0 Å². The predicted octanol–water partition coefficient (Wildman–Crippen LogP) is 1.52. The Morgan fingerprint density at radius 3 is 2.25 bits per heavy atom. The van der Waals surface area contributed by atoms with Gasteiger partial charge in [0.05, 0.1) is 0 Å². The van der Waals surface area contributed by atoms with Gasteiger partial charge in [0.1, 0.15) is 6.34 Å². The fourth-order valence-electron chi connectivity index (χ4n) is 0.359. The van der Waals surface area contributed by atoms with Gasteiger partial charge in [-0.2, -0.15) is 0 Å². The summed E-state index contributed by atoms with van der Waals surface area (Å²) in [4.78, 5) is 7.61. The van der Waals surface area contributed by atoms with Gasteiger partial charge in [-0.05, 0) is 0 Å². The zero-order valence-electron chi connectivity index (χ0n) is 5.46. The molecule has 0 spiro atoms. The highest BCUT2D eigenvalue weighted by Gasteiger charge is 1.79. The maximum atomic E-state index is 3.85. The van der Waals surface area contributed by atoms with E-state index in [0.717, 1.165) is 13.0 Å². The van der Waals surface area contributed by atoms with E-state index in [4.69, 9.17) is 0 Å². The Bertz CT molecular complexity index is 72.5. The van der Waals surface area contributed by atoms with Crippen molar-refractivity contribution in [2.45, 2.75) is 20.3 Å². The summed E-state index contributed by atoms with van der Waals surface area (Å²) in [5, 5.41) is 0. The van der Waals surface area contributed by atoms with E-state index in [9.17, 15) is 0 Å². The fraction of sp³-hybridized carbons (Fsp3) is 0.667. The van der Waals surface area contributed by atoms with Crippen molar-refractivity contribution in [1.29, 1.82) is 0 Å². The molecule has 0 saturated heterocycles. The molecule has 0 unspecified atom stereocenters. The molecule has 0 aliphatic carbocycles. The van der Waals surface area contributed by atoms with Crippen LogP contribution in [0.4, 0.5) is 0 Å². The lowest BCUT2D eigenvalue weighted by atomic mass is 10.4. The van der Waals surface area contributed by atoms with Crippen LogP contribution in [0.1, 0.15) is 20.3 Å². The van der Waals surface area contributed by atoms with E-state index in [1.807, 2.05) is 20.1 Å². The largest absolute Gasteiger partial charge is 0.273 e. The third-order valence-corrected chi connectivity index (χ3v) is 0.641. The molecule has 2 nitrogen and oxygen atoms in total. The Morgan fingerprint density at radius 1 is 1.38 bits per heavy atom. The lowest BCUT2D eigenvalue weighted by Crippen LogP contribution is -1.87. The van der Waals surface area contributed by atoms with E-state index in [-0.39, 0.29) is 0 Å². The fourth-order valence-corrected chi connectivity index (χ4v) is 0.359. The van der Waals surface area contributed by atoms with Crippen molar-refractivity contribution in [3.05, 3.63) is 0 Å². The van der Waals surface area contributed by atoms with Crippen LogP contribution >= 0.6 is 0 Å². The van der Waals surface area contributed by atoms with Crippen LogP contribution in [0.5, 0.6) is 0 Å². The van der Waals surface area contributed by atoms with Crippen LogP contribution in [-0.2, 0) is 0 Å². The first-order valence-electron chi connectivity index (χ1n) is 3.00. The molecular formula is C6H12N2. The van der Waals surface area contributed by atoms with Crippen molar-refractivity contribution in [2.24, 2.45) is 9.98 Å². The minimum Gasteiger partial charge on any atom is -0.273 e. The van der Waals surface area contributed by atoms with Crippen molar-refractivity contribution in [1.82, 2.24) is 0 Å². The van der Waals surface area contributed by atoms with Gasteiger partial charge in [-0.1, -0.05) is 13.8 Å². The summed E-state index contributed by atoms with van der Waals surface area (Å²) in [6.07, 6.45) is 4.47. The smallest absolute Gasteiger partial charge is 0.109 e. The Kier molecular flexibility index (Phi) is 5.82. The average Bonchev–Trinajstić information content (AvgIpc) is 1.96. The van der Waals surface area contributed by atoms with Gasteiger partial charge in [-0.15, -0.1) is 0 Å². The molecule has 0 bridgehead atoms. The second-order valence-corrected chi connectivity index (χ2v) is 1.14. The molecular weight excluding hydrogens is 100 g/mol. The molecule has 0 atom stereocenters. The van der Waals surface area contributed by atoms with Gasteiger partial charge in [0.15, 0.2) is 0 Å². The SMILES string of the molecule is C1=NC=NCC1.CC. The van der Waals surface area contributed by atoms with Gasteiger partial charge in [-0.3, -0.25) is 4.99 Å². The van der Waals surface area contributed by atoms with Crippen LogP contribution in [-0.4, -0.2) is 19.1 Å². The second kappa shape index (κ2) is 6.34. The third kappa shape index (κ3) is 3.53. The monoisotopic (exact) mass is 112 g/mol. The summed E-state index contributed by atoms with van der Waals surface area (Å²) in [5.41, 5.74) is 0. The Hall–Kier alpha value is -0.660. The highest BCUT2D eigenvalue weighted by Crippen LogP contribution is 1.80. The molecule has 2 heteroatoms. The number of nitrogens with zero attached hydrogens (tertiary/aromatic N) is 2. The van der Waals surface area contributed by atoms with Gasteiger partial charge in [0, 0.05) is 19.2 Å². The second-order valence-electron chi connectivity index (χ2n) is 1.14. The maximum absolute atomic E-state index is 3.85. The minimum absolute atomic E-state index is 0.920. The molecule has 0 N–H and O–H groups in total. The maximum Gasteiger partial charge on any atom is 0.109 e. The summed E-state index contributed by atoms with van der Waals surface area (Å²) < 4.78 is 0. The summed E-state index contributed by atoms with van der Waals surface area (Å²) in [6.45, 7) is 4.92. The standard InChI is InChI=1S/C4H6N2.C2H6/c1-2-5-4-6-3-1;1-2/h2,4H,1,3H2;1-2H3. The lowest BCUT2D eigenvalue weighted by molar-refractivity contribution is 1.04. The quantitative estimate of drug-likeness (QED) is 0.454. The van der Waals surface area contributed by atoms with Crippen molar-refractivity contribution in [3.63, 3.8) is 0 Å². The molecule has 8 heavy (non-hydrogen) atoms. The minimum atomic E-state index is 0.920. The molecule has 1 aliphatic heterocycles. The highest BCUT2D eigenvalue weighted by atomic mass is 14.9. The van der Waals surface area contributed by atoms with E-state index in [2.05, 4.69) is 9.98 Å². The Labute approximate surface area is 50.4 Å². The van der Waals surface area contributed by atoms with Crippen molar-refractivity contribution >= 4 is 12.6 Å². The normalized spacial score (nSPS) is 14.8. The van der Waals surface area contributed by atoms with E-state index in [1.165, 1.54) is 0 Å². The summed E-state index contributed by atoms with van der Waals surface area (Å²) in [7, 11) is 0. The van der Waals surface area contributed by atoms with E-state index in [1.54, 1.807) is 6.34 Å². The number of hydrogen-bond acceptors (Lipinski definition) is 2. The van der Waals surface area contributed by atoms with Gasteiger partial charge in [-0.25, -0.2) is 4.99 Å². The summed E-state index contributed by atoms with van der Waals surface area (Å²) in [5.74, 6) is 0. The first-order valence-corrected chi connectivity index (χ1v) is 3.00. The van der Waals surface area contributed by atoms with E-state index < -0.39 is 0 Å². The van der Waals surface area contributed by atoms with Crippen molar-refractivity contribution in [2.75, 3.05) is 6.54 Å². The van der Waals surface area contributed by atoms with Crippen LogP contribution < -0.4 is 0 Å². The number of hydrogen-bond donors (Lipinski definition) is 0. The first kappa shape index (κ1) is 7.34. The molecule has 1 heterocycles. The zero-order valence-corrected chi connectivity index (χ0v) is 5.46. The van der Waals surface area contributed by atoms with E-state index >= 15 is 0 Å². The molecule has 0 radical (unpaired) electrons. The van der Waals surface area contributed by atoms with E-state index in [0.29, 0.717) is 0 Å². The van der Waals surface area contributed by atoms with Crippen LogP contribution in [0.15, 0.2) is 9.98 Å². The first-order chi connectivity index (χ1) is 4.00. The molecule has 1 rings (SSSR count). The van der Waals surface area contributed by atoms with Gasteiger partial charge < -0.3 is 0 Å². The van der Waals surface area contributed by atoms with Crippen molar-refractivity contribution < 1.29 is 0 Å². The van der Waals surface area contributed by atoms with Gasteiger partial charge in [0.25, 0.3) is 0 Å². The Balaban J connectivity index is 0.000000222. The third-order valence-electron chi connectivity index (χ3n) is 0.641. The average molecular weight is 112 g/mol. The lowest BCUT2D eigenvalue weighted by Gasteiger charge is -1.88. The Morgan fingerprint density at radius 2 is 2.12 bits per heavy atom. The zero-order chi connectivity index (χ0) is 6.24.